The molecule has 0 amide bonds. The van der Waals surface area contributed by atoms with Gasteiger partial charge in [0.15, 0.2) is 5.96 Å². The number of aromatic nitrogens is 1. The van der Waals surface area contributed by atoms with Gasteiger partial charge in [-0.3, -0.25) is 4.99 Å². The topological polar surface area (TPSA) is 49.3 Å². The second-order valence-corrected chi connectivity index (χ2v) is 7.78. The minimum absolute atomic E-state index is 0.275. The Morgan fingerprint density at radius 2 is 2.04 bits per heavy atom. The van der Waals surface area contributed by atoms with E-state index in [-0.39, 0.29) is 5.41 Å². The van der Waals surface area contributed by atoms with Crippen molar-refractivity contribution < 1.29 is 0 Å². The molecule has 1 saturated carbocycles. The van der Waals surface area contributed by atoms with Crippen LogP contribution in [0, 0.1) is 6.92 Å². The van der Waals surface area contributed by atoms with E-state index < -0.39 is 0 Å². The van der Waals surface area contributed by atoms with E-state index in [2.05, 4.69) is 56.3 Å². The summed E-state index contributed by atoms with van der Waals surface area (Å²) in [4.78, 5) is 8.89. The molecule has 0 radical (unpaired) electrons. The Balaban J connectivity index is 1.44. The fourth-order valence-corrected chi connectivity index (χ4v) is 4.22. The molecule has 2 aromatic rings. The molecule has 0 aliphatic heterocycles. The zero-order chi connectivity index (χ0) is 17.5. The third-order valence-electron chi connectivity index (χ3n) is 5.04. The van der Waals surface area contributed by atoms with E-state index in [0.29, 0.717) is 0 Å². The van der Waals surface area contributed by atoms with Gasteiger partial charge in [-0.2, -0.15) is 0 Å². The van der Waals surface area contributed by atoms with Crippen molar-refractivity contribution in [2.24, 2.45) is 4.99 Å². The molecule has 1 aliphatic rings. The molecule has 25 heavy (non-hydrogen) atoms. The van der Waals surface area contributed by atoms with Crippen LogP contribution in [0.15, 0.2) is 40.7 Å². The predicted octanol–water partition coefficient (Wildman–Crippen LogP) is 3.67. The predicted molar refractivity (Wildman–Crippen MR) is 107 cm³/mol. The van der Waals surface area contributed by atoms with Crippen molar-refractivity contribution in [3.05, 3.63) is 52.0 Å². The SMILES string of the molecule is CN=C(NCCCc1nc(C)cs1)NCC1(c2ccccc2)CCC1. The molecule has 4 nitrogen and oxygen atoms in total. The number of thiazole rings is 1. The van der Waals surface area contributed by atoms with Crippen LogP contribution in [0.2, 0.25) is 0 Å². The molecule has 1 aliphatic carbocycles. The van der Waals surface area contributed by atoms with Gasteiger partial charge in [0.25, 0.3) is 0 Å². The molecule has 1 fully saturated rings. The van der Waals surface area contributed by atoms with Crippen molar-refractivity contribution in [3.8, 4) is 0 Å². The van der Waals surface area contributed by atoms with Crippen molar-refractivity contribution in [3.63, 3.8) is 0 Å². The summed E-state index contributed by atoms with van der Waals surface area (Å²) in [6, 6.07) is 10.9. The smallest absolute Gasteiger partial charge is 0.191 e. The normalized spacial score (nSPS) is 16.3. The van der Waals surface area contributed by atoms with Crippen molar-refractivity contribution >= 4 is 17.3 Å². The number of guanidine groups is 1. The second kappa shape index (κ2) is 8.48. The molecule has 134 valence electrons. The van der Waals surface area contributed by atoms with Gasteiger partial charge in [0.1, 0.15) is 0 Å². The van der Waals surface area contributed by atoms with Gasteiger partial charge in [0.2, 0.25) is 0 Å². The average molecular weight is 357 g/mol. The lowest BCUT2D eigenvalue weighted by atomic mass is 9.64. The van der Waals surface area contributed by atoms with Gasteiger partial charge in [-0.05, 0) is 31.7 Å². The van der Waals surface area contributed by atoms with Gasteiger partial charge in [-0.25, -0.2) is 4.98 Å². The van der Waals surface area contributed by atoms with E-state index in [1.165, 1.54) is 29.8 Å². The van der Waals surface area contributed by atoms with Crippen LogP contribution < -0.4 is 10.6 Å². The van der Waals surface area contributed by atoms with Crippen molar-refractivity contribution in [1.82, 2.24) is 15.6 Å². The molecular formula is C20H28N4S. The minimum Gasteiger partial charge on any atom is -0.356 e. The molecular weight excluding hydrogens is 328 g/mol. The number of hydrogen-bond acceptors (Lipinski definition) is 3. The van der Waals surface area contributed by atoms with E-state index in [4.69, 9.17) is 0 Å². The lowest BCUT2D eigenvalue weighted by Crippen LogP contribution is -2.49. The fourth-order valence-electron chi connectivity index (χ4n) is 3.40. The highest BCUT2D eigenvalue weighted by Crippen LogP contribution is 2.43. The standard InChI is InChI=1S/C20H28N4S/c1-16-14-25-18(24-16)10-6-13-22-19(21-2)23-15-20(11-7-12-20)17-8-4-3-5-9-17/h3-5,8-9,14H,6-7,10-13,15H2,1-2H3,(H2,21,22,23). The van der Waals surface area contributed by atoms with Crippen LogP contribution in [0.3, 0.4) is 0 Å². The summed E-state index contributed by atoms with van der Waals surface area (Å²) in [5.74, 6) is 0.900. The highest BCUT2D eigenvalue weighted by atomic mass is 32.1. The van der Waals surface area contributed by atoms with E-state index in [0.717, 1.165) is 37.6 Å². The molecule has 5 heteroatoms. The third kappa shape index (κ3) is 4.60. The minimum atomic E-state index is 0.275. The lowest BCUT2D eigenvalue weighted by Gasteiger charge is -2.43. The summed E-state index contributed by atoms with van der Waals surface area (Å²) in [5, 5.41) is 10.3. The Kier molecular flexibility index (Phi) is 6.08. The Bertz CT molecular complexity index is 689. The van der Waals surface area contributed by atoms with Gasteiger partial charge in [-0.15, -0.1) is 11.3 Å². The van der Waals surface area contributed by atoms with Crippen LogP contribution in [0.25, 0.3) is 0 Å². The first-order valence-corrected chi connectivity index (χ1v) is 10.0. The summed E-state index contributed by atoms with van der Waals surface area (Å²) in [7, 11) is 1.84. The Morgan fingerprint density at radius 3 is 2.64 bits per heavy atom. The maximum absolute atomic E-state index is 4.51. The van der Waals surface area contributed by atoms with Gasteiger partial charge in [-0.1, -0.05) is 36.8 Å². The third-order valence-corrected chi connectivity index (χ3v) is 6.07. The number of hydrogen-bond donors (Lipinski definition) is 2. The summed E-state index contributed by atoms with van der Waals surface area (Å²) < 4.78 is 0. The Labute approximate surface area is 154 Å². The largest absolute Gasteiger partial charge is 0.356 e. The first kappa shape index (κ1) is 17.9. The molecule has 1 heterocycles. The number of aryl methyl sites for hydroxylation is 2. The number of rotatable bonds is 7. The summed E-state index contributed by atoms with van der Waals surface area (Å²) in [6.45, 7) is 3.91. The summed E-state index contributed by atoms with van der Waals surface area (Å²) in [6.07, 6.45) is 5.92. The highest BCUT2D eigenvalue weighted by Gasteiger charge is 2.38. The van der Waals surface area contributed by atoms with Crippen LogP contribution in [0.4, 0.5) is 0 Å². The number of nitrogens with one attached hydrogen (secondary N) is 2. The molecule has 0 bridgehead atoms. The van der Waals surface area contributed by atoms with Gasteiger partial charge in [0.05, 0.1) is 5.01 Å². The summed E-state index contributed by atoms with van der Waals surface area (Å²) >= 11 is 1.75. The van der Waals surface area contributed by atoms with Crippen LogP contribution >= 0.6 is 11.3 Å². The van der Waals surface area contributed by atoms with Crippen LogP contribution in [-0.4, -0.2) is 31.1 Å². The Morgan fingerprint density at radius 1 is 1.24 bits per heavy atom. The van der Waals surface area contributed by atoms with Gasteiger partial charge < -0.3 is 10.6 Å². The molecule has 1 aromatic carbocycles. The highest BCUT2D eigenvalue weighted by molar-refractivity contribution is 7.09. The molecule has 1 aromatic heterocycles. The van der Waals surface area contributed by atoms with E-state index in [1.54, 1.807) is 11.3 Å². The van der Waals surface area contributed by atoms with E-state index >= 15 is 0 Å². The van der Waals surface area contributed by atoms with Crippen molar-refractivity contribution in [2.75, 3.05) is 20.1 Å². The molecule has 0 saturated heterocycles. The van der Waals surface area contributed by atoms with E-state index in [9.17, 15) is 0 Å². The summed E-state index contributed by atoms with van der Waals surface area (Å²) in [5.41, 5.74) is 2.84. The molecule has 0 atom stereocenters. The first-order valence-electron chi connectivity index (χ1n) is 9.13. The molecule has 2 N–H and O–H groups in total. The fraction of sp³-hybridized carbons (Fsp3) is 0.500. The van der Waals surface area contributed by atoms with Crippen LogP contribution in [0.1, 0.15) is 41.9 Å². The monoisotopic (exact) mass is 356 g/mol. The average Bonchev–Trinajstić information content (AvgIpc) is 3.02. The maximum atomic E-state index is 4.51. The Hall–Kier alpha value is -1.88. The number of nitrogens with zero attached hydrogens (tertiary/aromatic N) is 2. The molecule has 0 unspecified atom stereocenters. The number of aliphatic imine (C=N–C) groups is 1. The zero-order valence-electron chi connectivity index (χ0n) is 15.2. The van der Waals surface area contributed by atoms with E-state index in [1.807, 2.05) is 14.0 Å². The van der Waals surface area contributed by atoms with Gasteiger partial charge in [0, 0.05) is 43.0 Å². The quantitative estimate of drug-likeness (QED) is 0.452. The lowest BCUT2D eigenvalue weighted by molar-refractivity contribution is 0.244. The van der Waals surface area contributed by atoms with Crippen LogP contribution in [0.5, 0.6) is 0 Å². The molecule has 0 spiro atoms. The van der Waals surface area contributed by atoms with Gasteiger partial charge >= 0.3 is 0 Å². The first-order chi connectivity index (χ1) is 12.2. The second-order valence-electron chi connectivity index (χ2n) is 6.84. The molecule has 3 rings (SSSR count). The van der Waals surface area contributed by atoms with Crippen LogP contribution in [-0.2, 0) is 11.8 Å². The number of benzene rings is 1. The van der Waals surface area contributed by atoms with Crippen molar-refractivity contribution in [2.45, 2.75) is 44.4 Å². The van der Waals surface area contributed by atoms with Crippen molar-refractivity contribution in [1.29, 1.82) is 0 Å². The maximum Gasteiger partial charge on any atom is 0.191 e. The zero-order valence-corrected chi connectivity index (χ0v) is 16.0.